The van der Waals surface area contributed by atoms with Crippen LogP contribution in [0.25, 0.3) is 10.8 Å². The van der Waals surface area contributed by atoms with Gasteiger partial charge in [-0.1, -0.05) is 36.4 Å². The standard InChI is InChI=1S/C10H9O4P.2Ag/c11-15(12,13)14-10-7-3-5-8-4-1-2-6-9(8)10;;/h1-7H,(H2,11,12,13);;/q;2*+1/p-2. The minimum absolute atomic E-state index is 0. The van der Waals surface area contributed by atoms with E-state index in [9.17, 15) is 14.4 Å². The van der Waals surface area contributed by atoms with E-state index in [0.29, 0.717) is 5.39 Å². The van der Waals surface area contributed by atoms with E-state index in [2.05, 4.69) is 4.52 Å². The second-order valence-electron chi connectivity index (χ2n) is 3.02. The summed E-state index contributed by atoms with van der Waals surface area (Å²) in [5.41, 5.74) is 0. The second kappa shape index (κ2) is 6.90. The molecule has 0 saturated heterocycles. The largest absolute Gasteiger partial charge is 1.00 e. The van der Waals surface area contributed by atoms with Crippen molar-refractivity contribution >= 4 is 18.6 Å². The molecule has 0 heterocycles. The van der Waals surface area contributed by atoms with E-state index >= 15 is 0 Å². The fourth-order valence-electron chi connectivity index (χ4n) is 1.40. The molecule has 0 N–H and O–H groups in total. The SMILES string of the molecule is O=P([O-])([O-])Oc1cccc2ccccc12.[Ag+].[Ag+]. The summed E-state index contributed by atoms with van der Waals surface area (Å²) >= 11 is 0. The van der Waals surface area contributed by atoms with E-state index in [1.54, 1.807) is 18.2 Å². The first kappa shape index (κ1) is 17.1. The van der Waals surface area contributed by atoms with Gasteiger partial charge in [-0.15, -0.1) is 0 Å². The summed E-state index contributed by atoms with van der Waals surface area (Å²) in [4.78, 5) is 21.0. The minimum Gasteiger partial charge on any atom is -0.780 e. The first-order valence-corrected chi connectivity index (χ1v) is 5.72. The van der Waals surface area contributed by atoms with Crippen molar-refractivity contribution in [3.63, 3.8) is 0 Å². The average molecular weight is 438 g/mol. The van der Waals surface area contributed by atoms with Gasteiger partial charge in [0.25, 0.3) is 0 Å². The van der Waals surface area contributed by atoms with Crippen molar-refractivity contribution in [2.24, 2.45) is 0 Å². The van der Waals surface area contributed by atoms with Crippen LogP contribution in [-0.4, -0.2) is 0 Å². The third-order valence-corrected chi connectivity index (χ3v) is 2.38. The molecule has 0 unspecified atom stereocenters. The van der Waals surface area contributed by atoms with Crippen LogP contribution in [0.5, 0.6) is 5.75 Å². The van der Waals surface area contributed by atoms with E-state index in [0.717, 1.165) is 5.39 Å². The Bertz CT molecular complexity index is 535. The molecule has 0 atom stereocenters. The molecule has 0 aliphatic heterocycles. The molecular weight excluding hydrogens is 431 g/mol. The van der Waals surface area contributed by atoms with Crippen molar-refractivity contribution in [2.75, 3.05) is 0 Å². The van der Waals surface area contributed by atoms with Gasteiger partial charge >= 0.3 is 44.8 Å². The molecule has 0 aliphatic carbocycles. The van der Waals surface area contributed by atoms with E-state index < -0.39 is 7.82 Å². The predicted octanol–water partition coefficient (Wildman–Crippen LogP) is 1.04. The molecule has 4 nitrogen and oxygen atoms in total. The number of benzene rings is 2. The third-order valence-electron chi connectivity index (χ3n) is 1.96. The number of phosphoric ester groups is 1. The van der Waals surface area contributed by atoms with E-state index in [1.165, 1.54) is 6.07 Å². The molecule has 7 heteroatoms. The first-order valence-electron chi connectivity index (χ1n) is 4.26. The number of hydrogen-bond donors (Lipinski definition) is 0. The molecule has 0 spiro atoms. The molecule has 2 aromatic carbocycles. The fourth-order valence-corrected chi connectivity index (χ4v) is 1.80. The zero-order valence-corrected chi connectivity index (χ0v) is 12.1. The van der Waals surface area contributed by atoms with Crippen molar-refractivity contribution in [2.45, 2.75) is 0 Å². The summed E-state index contributed by atoms with van der Waals surface area (Å²) in [7, 11) is -4.99. The Morgan fingerprint density at radius 2 is 1.53 bits per heavy atom. The van der Waals surface area contributed by atoms with Crippen LogP contribution in [0.1, 0.15) is 0 Å². The first-order chi connectivity index (χ1) is 7.06. The van der Waals surface area contributed by atoms with Gasteiger partial charge in [0.2, 0.25) is 0 Å². The molecule has 0 aromatic heterocycles. The van der Waals surface area contributed by atoms with Crippen molar-refractivity contribution in [1.29, 1.82) is 0 Å². The van der Waals surface area contributed by atoms with Crippen LogP contribution in [-0.2, 0) is 49.3 Å². The third kappa shape index (κ3) is 4.72. The van der Waals surface area contributed by atoms with Gasteiger partial charge in [0.05, 0.1) is 0 Å². The van der Waals surface area contributed by atoms with Crippen LogP contribution in [0, 0.1) is 0 Å². The maximum Gasteiger partial charge on any atom is 1.00 e. The quantitative estimate of drug-likeness (QED) is 0.520. The summed E-state index contributed by atoms with van der Waals surface area (Å²) in [6, 6.07) is 12.0. The molecule has 2 aromatic rings. The molecule has 0 radical (unpaired) electrons. The number of phosphoric acid groups is 1. The maximum absolute atomic E-state index is 10.5. The topological polar surface area (TPSA) is 72.4 Å². The zero-order valence-electron chi connectivity index (χ0n) is 8.22. The van der Waals surface area contributed by atoms with Crippen molar-refractivity contribution in [3.05, 3.63) is 42.5 Å². The number of fused-ring (bicyclic) bond motifs is 1. The van der Waals surface area contributed by atoms with Gasteiger partial charge in [-0.2, -0.15) is 0 Å². The summed E-state index contributed by atoms with van der Waals surface area (Å²) < 4.78 is 14.9. The summed E-state index contributed by atoms with van der Waals surface area (Å²) in [6.07, 6.45) is 0. The zero-order chi connectivity index (χ0) is 10.9. The normalized spacial score (nSPS) is 10.2. The number of rotatable bonds is 2. The molecule has 0 amide bonds. The molecule has 98 valence electrons. The van der Waals surface area contributed by atoms with Gasteiger partial charge in [0.15, 0.2) is 0 Å². The Kier molecular flexibility index (Phi) is 6.96. The number of hydrogen-bond acceptors (Lipinski definition) is 4. The minimum atomic E-state index is -4.99. The van der Waals surface area contributed by atoms with Crippen LogP contribution in [0.3, 0.4) is 0 Å². The van der Waals surface area contributed by atoms with Crippen molar-refractivity contribution in [1.82, 2.24) is 0 Å². The fraction of sp³-hybridized carbons (Fsp3) is 0. The Balaban J connectivity index is 0.00000128. The van der Waals surface area contributed by atoms with Gasteiger partial charge < -0.3 is 18.9 Å². The van der Waals surface area contributed by atoms with Crippen LogP contribution in [0.4, 0.5) is 0 Å². The molecule has 17 heavy (non-hydrogen) atoms. The van der Waals surface area contributed by atoms with Gasteiger partial charge in [-0.25, -0.2) is 0 Å². The van der Waals surface area contributed by atoms with E-state index in [4.69, 9.17) is 0 Å². The van der Waals surface area contributed by atoms with Crippen LogP contribution < -0.4 is 14.3 Å². The Morgan fingerprint density at radius 1 is 0.941 bits per heavy atom. The Hall–Kier alpha value is 0.131. The second-order valence-corrected chi connectivity index (χ2v) is 4.09. The molecule has 2 rings (SSSR count). The molecule has 0 saturated carbocycles. The molecule has 0 bridgehead atoms. The monoisotopic (exact) mass is 436 g/mol. The van der Waals surface area contributed by atoms with Crippen LogP contribution in [0.15, 0.2) is 42.5 Å². The van der Waals surface area contributed by atoms with Gasteiger partial charge in [-0.05, 0) is 11.5 Å². The Labute approximate surface area is 130 Å². The Morgan fingerprint density at radius 3 is 2.18 bits per heavy atom. The predicted molar refractivity (Wildman–Crippen MR) is 52.2 cm³/mol. The summed E-state index contributed by atoms with van der Waals surface area (Å²) in [6.45, 7) is 0. The van der Waals surface area contributed by atoms with Crippen LogP contribution in [0.2, 0.25) is 0 Å². The van der Waals surface area contributed by atoms with Crippen molar-refractivity contribution < 1.29 is 63.6 Å². The molecule has 0 fully saturated rings. The average Bonchev–Trinajstić information content (AvgIpc) is 2.16. The van der Waals surface area contributed by atoms with E-state index in [-0.39, 0.29) is 50.5 Å². The molecular formula is C10H7Ag2O4P. The molecule has 0 aliphatic rings. The summed E-state index contributed by atoms with van der Waals surface area (Å²) in [5.74, 6) is 0.0708. The summed E-state index contributed by atoms with van der Waals surface area (Å²) in [5, 5.41) is 1.43. The van der Waals surface area contributed by atoms with Crippen molar-refractivity contribution in [3.8, 4) is 5.75 Å². The van der Waals surface area contributed by atoms with Gasteiger partial charge in [0, 0.05) is 5.39 Å². The van der Waals surface area contributed by atoms with Crippen LogP contribution >= 0.6 is 7.82 Å². The smallest absolute Gasteiger partial charge is 0.780 e. The van der Waals surface area contributed by atoms with Gasteiger partial charge in [0.1, 0.15) is 13.6 Å². The maximum atomic E-state index is 10.5. The van der Waals surface area contributed by atoms with Gasteiger partial charge in [-0.3, -0.25) is 0 Å². The van der Waals surface area contributed by atoms with E-state index in [1.807, 2.05) is 18.2 Å².